The Morgan fingerprint density at radius 2 is 1.33 bits per heavy atom. The van der Waals surface area contributed by atoms with Crippen molar-refractivity contribution < 1.29 is 29.6 Å². The van der Waals surface area contributed by atoms with Gasteiger partial charge in [0.15, 0.2) is 0 Å². The third-order valence-corrected chi connectivity index (χ3v) is 2.40. The molecule has 0 saturated heterocycles. The molecule has 0 aliphatic rings. The van der Waals surface area contributed by atoms with Gasteiger partial charge in [-0.15, -0.1) is 0 Å². The molecule has 2 N–H and O–H groups in total. The molecule has 5 heteroatoms. The molecule has 2 aromatic rings. The van der Waals surface area contributed by atoms with Gasteiger partial charge in [-0.25, -0.2) is 0 Å². The number of hydrogen-bond donors (Lipinski definition) is 2. The SMILES string of the molecule is S=C([S-])Nc1ccc(Nc2ccccc2)cc1.[Na+]. The first-order valence-electron chi connectivity index (χ1n) is 5.14. The van der Waals surface area contributed by atoms with E-state index >= 15 is 0 Å². The Morgan fingerprint density at radius 3 is 1.89 bits per heavy atom. The average molecular weight is 282 g/mol. The minimum absolute atomic E-state index is 0. The topological polar surface area (TPSA) is 24.1 Å². The van der Waals surface area contributed by atoms with E-state index in [0.29, 0.717) is 4.32 Å². The Hall–Kier alpha value is -0.650. The van der Waals surface area contributed by atoms with Crippen LogP contribution in [0.2, 0.25) is 0 Å². The number of benzene rings is 2. The summed E-state index contributed by atoms with van der Waals surface area (Å²) in [5, 5.41) is 6.21. The third kappa shape index (κ3) is 4.92. The largest absolute Gasteiger partial charge is 1.00 e. The second-order valence-electron chi connectivity index (χ2n) is 3.48. The van der Waals surface area contributed by atoms with Crippen LogP contribution in [0, 0.1) is 0 Å². The summed E-state index contributed by atoms with van der Waals surface area (Å²) in [4.78, 5) is 0. The van der Waals surface area contributed by atoms with E-state index in [1.807, 2.05) is 54.6 Å². The monoisotopic (exact) mass is 282 g/mol. The van der Waals surface area contributed by atoms with Gasteiger partial charge in [0, 0.05) is 17.1 Å². The van der Waals surface area contributed by atoms with Crippen LogP contribution in [0.15, 0.2) is 54.6 Å². The van der Waals surface area contributed by atoms with Crippen LogP contribution in [-0.2, 0) is 12.6 Å². The van der Waals surface area contributed by atoms with Gasteiger partial charge >= 0.3 is 29.6 Å². The Labute approximate surface area is 140 Å². The summed E-state index contributed by atoms with van der Waals surface area (Å²) in [6.07, 6.45) is 0. The minimum atomic E-state index is 0. The van der Waals surface area contributed by atoms with E-state index in [1.165, 1.54) is 0 Å². The fraction of sp³-hybridized carbons (Fsp3) is 0. The van der Waals surface area contributed by atoms with E-state index in [0.717, 1.165) is 17.1 Å². The molecule has 2 nitrogen and oxygen atoms in total. The molecule has 0 radical (unpaired) electrons. The van der Waals surface area contributed by atoms with E-state index in [1.54, 1.807) is 0 Å². The van der Waals surface area contributed by atoms with Crippen molar-refractivity contribution in [3.05, 3.63) is 54.6 Å². The summed E-state index contributed by atoms with van der Waals surface area (Å²) in [5.74, 6) is 0. The summed E-state index contributed by atoms with van der Waals surface area (Å²) in [6, 6.07) is 17.8. The van der Waals surface area contributed by atoms with Crippen molar-refractivity contribution in [2.75, 3.05) is 10.6 Å². The van der Waals surface area contributed by atoms with Gasteiger partial charge in [0.05, 0.1) is 0 Å². The van der Waals surface area contributed by atoms with Crippen LogP contribution in [0.25, 0.3) is 0 Å². The van der Waals surface area contributed by atoms with Gasteiger partial charge in [-0.1, -0.05) is 22.5 Å². The smallest absolute Gasteiger partial charge is 0.411 e. The Kier molecular flexibility index (Phi) is 6.60. The van der Waals surface area contributed by atoms with Crippen LogP contribution in [0.1, 0.15) is 0 Å². The molecule has 86 valence electrons. The van der Waals surface area contributed by atoms with Crippen molar-refractivity contribution in [2.24, 2.45) is 0 Å². The molecular weight excluding hydrogens is 271 g/mol. The molecule has 0 heterocycles. The van der Waals surface area contributed by atoms with Gasteiger partial charge < -0.3 is 35.5 Å². The van der Waals surface area contributed by atoms with Gasteiger partial charge in [0.2, 0.25) is 0 Å². The maximum atomic E-state index is 4.80. The summed E-state index contributed by atoms with van der Waals surface area (Å²) >= 11 is 9.61. The fourth-order valence-corrected chi connectivity index (χ4v) is 1.68. The number of thiocarbonyl (C=S) groups is 1. The maximum absolute atomic E-state index is 4.80. The molecule has 0 atom stereocenters. The summed E-state index contributed by atoms with van der Waals surface area (Å²) in [5.41, 5.74) is 2.99. The molecule has 0 unspecified atom stereocenters. The maximum Gasteiger partial charge on any atom is 1.00 e. The van der Waals surface area contributed by atoms with Crippen LogP contribution >= 0.6 is 12.2 Å². The standard InChI is InChI=1S/C13H12N2S2.Na/c16-13(17)15-12-8-6-11(7-9-12)14-10-4-2-1-3-5-10;/h1-9,14H,(H2,15,16,17);/q;+1/p-1. The van der Waals surface area contributed by atoms with E-state index in [2.05, 4.69) is 10.6 Å². The second-order valence-corrected chi connectivity index (χ2v) is 4.56. The number of hydrogen-bond acceptors (Lipinski definition) is 3. The number of rotatable bonds is 3. The quantitative estimate of drug-likeness (QED) is 0.491. The summed E-state index contributed by atoms with van der Waals surface area (Å²) < 4.78 is 0.355. The second kappa shape index (κ2) is 7.71. The first-order valence-corrected chi connectivity index (χ1v) is 5.96. The third-order valence-electron chi connectivity index (χ3n) is 2.19. The van der Waals surface area contributed by atoms with E-state index in [9.17, 15) is 0 Å². The van der Waals surface area contributed by atoms with Crippen molar-refractivity contribution in [1.82, 2.24) is 0 Å². The number of para-hydroxylation sites is 1. The van der Waals surface area contributed by atoms with Crippen LogP contribution < -0.4 is 40.2 Å². The molecule has 0 aromatic heterocycles. The molecule has 0 amide bonds. The van der Waals surface area contributed by atoms with Crippen LogP contribution in [0.5, 0.6) is 0 Å². The molecule has 0 bridgehead atoms. The van der Waals surface area contributed by atoms with Crippen LogP contribution in [0.3, 0.4) is 0 Å². The zero-order valence-corrected chi connectivity index (χ0v) is 13.6. The fourth-order valence-electron chi connectivity index (χ4n) is 1.44. The summed E-state index contributed by atoms with van der Waals surface area (Å²) in [6.45, 7) is 0. The van der Waals surface area contributed by atoms with Crippen molar-refractivity contribution in [1.29, 1.82) is 0 Å². The Bertz CT molecular complexity index is 500. The van der Waals surface area contributed by atoms with Crippen molar-refractivity contribution in [2.45, 2.75) is 0 Å². The molecule has 0 spiro atoms. The Morgan fingerprint density at radius 1 is 0.833 bits per heavy atom. The van der Waals surface area contributed by atoms with Gasteiger partial charge in [-0.05, 0) is 36.4 Å². The van der Waals surface area contributed by atoms with E-state index in [4.69, 9.17) is 24.8 Å². The van der Waals surface area contributed by atoms with Crippen molar-refractivity contribution in [3.8, 4) is 0 Å². The molecule has 0 aliphatic carbocycles. The molecular formula is C13H11N2NaS2. The molecule has 2 aromatic carbocycles. The molecule has 0 saturated carbocycles. The number of anilines is 3. The zero-order chi connectivity index (χ0) is 12.1. The normalized spacial score (nSPS) is 9.11. The van der Waals surface area contributed by atoms with Gasteiger partial charge in [0.25, 0.3) is 0 Å². The zero-order valence-electron chi connectivity index (χ0n) is 10.0. The van der Waals surface area contributed by atoms with Crippen LogP contribution in [0.4, 0.5) is 17.1 Å². The predicted molar refractivity (Wildman–Crippen MR) is 79.8 cm³/mol. The van der Waals surface area contributed by atoms with Gasteiger partial charge in [-0.3, -0.25) is 0 Å². The number of nitrogens with one attached hydrogen (secondary N) is 2. The van der Waals surface area contributed by atoms with E-state index < -0.39 is 0 Å². The van der Waals surface area contributed by atoms with Gasteiger partial charge in [-0.2, -0.15) is 0 Å². The van der Waals surface area contributed by atoms with Crippen molar-refractivity contribution >= 4 is 46.2 Å². The average Bonchev–Trinajstić information content (AvgIpc) is 2.32. The van der Waals surface area contributed by atoms with Gasteiger partial charge in [0.1, 0.15) is 0 Å². The molecule has 2 rings (SSSR count). The summed E-state index contributed by atoms with van der Waals surface area (Å²) in [7, 11) is 0. The molecule has 18 heavy (non-hydrogen) atoms. The minimum Gasteiger partial charge on any atom is -0.411 e. The van der Waals surface area contributed by atoms with Crippen molar-refractivity contribution in [3.63, 3.8) is 0 Å². The molecule has 0 fully saturated rings. The first kappa shape index (κ1) is 15.4. The first-order chi connectivity index (χ1) is 8.24. The predicted octanol–water partition coefficient (Wildman–Crippen LogP) is 0.678. The van der Waals surface area contributed by atoms with E-state index in [-0.39, 0.29) is 29.6 Å². The molecule has 0 aliphatic heterocycles. The Balaban J connectivity index is 0.00000162. The van der Waals surface area contributed by atoms with Crippen LogP contribution in [-0.4, -0.2) is 4.32 Å².